The summed E-state index contributed by atoms with van der Waals surface area (Å²) in [6, 6.07) is 21.9. The van der Waals surface area contributed by atoms with Crippen molar-refractivity contribution >= 4 is 39.1 Å². The molecule has 2 aromatic heterocycles. The van der Waals surface area contributed by atoms with E-state index in [0.29, 0.717) is 27.4 Å². The molecule has 7 nitrogen and oxygen atoms in total. The Hall–Kier alpha value is -4.55. The molecule has 1 atom stereocenters. The molecule has 5 rings (SSSR count). The number of carboxylic acids is 1. The van der Waals surface area contributed by atoms with Crippen LogP contribution in [0.5, 0.6) is 5.75 Å². The van der Waals surface area contributed by atoms with Crippen LogP contribution in [0.2, 0.25) is 0 Å². The topological polar surface area (TPSA) is 101 Å². The van der Waals surface area contributed by atoms with Crippen molar-refractivity contribution in [1.29, 1.82) is 0 Å². The summed E-state index contributed by atoms with van der Waals surface area (Å²) in [5.41, 5.74) is 2.65. The summed E-state index contributed by atoms with van der Waals surface area (Å²) in [4.78, 5) is 34.2. The number of carbonyl (C=O) groups excluding carboxylic acids is 1. The molecule has 5 aromatic rings. The van der Waals surface area contributed by atoms with E-state index in [1.807, 2.05) is 0 Å². The van der Waals surface area contributed by atoms with Gasteiger partial charge in [0.1, 0.15) is 11.8 Å². The highest BCUT2D eigenvalue weighted by molar-refractivity contribution is 9.10. The van der Waals surface area contributed by atoms with Crippen molar-refractivity contribution in [3.63, 3.8) is 0 Å². The van der Waals surface area contributed by atoms with E-state index in [-0.39, 0.29) is 22.6 Å². The SMILES string of the molecule is O=C(N[C@@H](Cc1ccc(-c2ncc(Br)cn2)cc1)C(=O)O)c1ccc(-c2ccc(-c3ccccc3)c(OC(F)(F)F)c2)s1. The average molecular weight is 668 g/mol. The molecule has 0 saturated carbocycles. The number of hydrogen-bond donors (Lipinski definition) is 2. The van der Waals surface area contributed by atoms with Gasteiger partial charge in [-0.1, -0.05) is 66.7 Å². The fourth-order valence-corrected chi connectivity index (χ4v) is 5.38. The van der Waals surface area contributed by atoms with Crippen LogP contribution in [0.4, 0.5) is 13.2 Å². The first-order valence-corrected chi connectivity index (χ1v) is 14.3. The maximum atomic E-state index is 13.2. The number of aliphatic carboxylic acids is 1. The Morgan fingerprint density at radius 2 is 1.58 bits per heavy atom. The lowest BCUT2D eigenvalue weighted by molar-refractivity contribution is -0.274. The van der Waals surface area contributed by atoms with Gasteiger partial charge in [0, 0.05) is 34.8 Å². The number of nitrogens with zero attached hydrogens (tertiary/aromatic N) is 2. The van der Waals surface area contributed by atoms with Gasteiger partial charge in [-0.25, -0.2) is 14.8 Å². The number of amides is 1. The smallest absolute Gasteiger partial charge is 0.480 e. The molecule has 0 spiro atoms. The van der Waals surface area contributed by atoms with Gasteiger partial charge in [0.2, 0.25) is 0 Å². The molecule has 0 aliphatic carbocycles. The molecule has 43 heavy (non-hydrogen) atoms. The van der Waals surface area contributed by atoms with E-state index < -0.39 is 24.3 Å². The second-order valence-electron chi connectivity index (χ2n) is 9.28. The maximum Gasteiger partial charge on any atom is 0.573 e. The Kier molecular flexibility index (Phi) is 8.88. The van der Waals surface area contributed by atoms with Gasteiger partial charge in [0.05, 0.1) is 9.35 Å². The summed E-state index contributed by atoms with van der Waals surface area (Å²) in [6.07, 6.45) is -1.63. The van der Waals surface area contributed by atoms with Gasteiger partial charge >= 0.3 is 12.3 Å². The molecule has 1 amide bonds. The second kappa shape index (κ2) is 12.8. The third kappa shape index (κ3) is 7.65. The summed E-state index contributed by atoms with van der Waals surface area (Å²) in [6.45, 7) is 0. The normalized spacial score (nSPS) is 12.0. The van der Waals surface area contributed by atoms with Crippen molar-refractivity contribution in [2.75, 3.05) is 0 Å². The van der Waals surface area contributed by atoms with Crippen LogP contribution < -0.4 is 10.1 Å². The van der Waals surface area contributed by atoms with Gasteiger partial charge in [-0.2, -0.15) is 0 Å². The van der Waals surface area contributed by atoms with Crippen molar-refractivity contribution in [2.24, 2.45) is 0 Å². The lowest BCUT2D eigenvalue weighted by atomic mass is 10.0. The Morgan fingerprint density at radius 1 is 0.907 bits per heavy atom. The van der Waals surface area contributed by atoms with Crippen LogP contribution in [0, 0.1) is 0 Å². The molecule has 2 N–H and O–H groups in total. The summed E-state index contributed by atoms with van der Waals surface area (Å²) in [7, 11) is 0. The summed E-state index contributed by atoms with van der Waals surface area (Å²) < 4.78 is 44.7. The van der Waals surface area contributed by atoms with Crippen LogP contribution in [0.3, 0.4) is 0 Å². The molecule has 12 heteroatoms. The van der Waals surface area contributed by atoms with Crippen LogP contribution in [0.1, 0.15) is 15.2 Å². The highest BCUT2D eigenvalue weighted by Crippen LogP contribution is 2.39. The van der Waals surface area contributed by atoms with Crippen LogP contribution in [-0.2, 0) is 11.2 Å². The minimum absolute atomic E-state index is 0.0276. The predicted molar refractivity (Wildman–Crippen MR) is 160 cm³/mol. The lowest BCUT2D eigenvalue weighted by Crippen LogP contribution is -2.42. The molecule has 0 aliphatic rings. The van der Waals surface area contributed by atoms with Gasteiger partial charge in [0.25, 0.3) is 5.91 Å². The van der Waals surface area contributed by atoms with Crippen molar-refractivity contribution in [2.45, 2.75) is 18.8 Å². The number of rotatable bonds is 9. The number of halogens is 4. The van der Waals surface area contributed by atoms with E-state index in [4.69, 9.17) is 0 Å². The first kappa shape index (κ1) is 29.9. The number of ether oxygens (including phenoxy) is 1. The molecule has 0 aliphatic heterocycles. The highest BCUT2D eigenvalue weighted by Gasteiger charge is 2.32. The monoisotopic (exact) mass is 667 g/mol. The molecule has 0 bridgehead atoms. The Bertz CT molecular complexity index is 1750. The standard InChI is InChI=1S/C31H21BrF3N3O4S/c32-22-16-36-28(37-17-22)20-8-6-18(7-9-20)14-24(30(40)41)38-29(39)27-13-12-26(43-27)21-10-11-23(19-4-2-1-3-5-19)25(15-21)42-31(33,34)35/h1-13,15-17,24H,14H2,(H,38,39)(H,40,41)/t24-/m0/s1. The number of alkyl halides is 3. The molecule has 0 unspecified atom stereocenters. The van der Waals surface area contributed by atoms with E-state index in [9.17, 15) is 27.9 Å². The molecule has 0 saturated heterocycles. The number of thiophene rings is 1. The van der Waals surface area contributed by atoms with Gasteiger partial charge in [0.15, 0.2) is 5.82 Å². The number of hydrogen-bond acceptors (Lipinski definition) is 6. The first-order valence-electron chi connectivity index (χ1n) is 12.7. The second-order valence-corrected chi connectivity index (χ2v) is 11.3. The minimum atomic E-state index is -4.90. The van der Waals surface area contributed by atoms with E-state index in [2.05, 4.69) is 36.0 Å². The van der Waals surface area contributed by atoms with Crippen molar-refractivity contribution < 1.29 is 32.6 Å². The third-order valence-corrected chi connectivity index (χ3v) is 7.82. The Morgan fingerprint density at radius 3 is 2.23 bits per heavy atom. The zero-order chi connectivity index (χ0) is 30.6. The molecule has 0 radical (unpaired) electrons. The van der Waals surface area contributed by atoms with E-state index >= 15 is 0 Å². The van der Waals surface area contributed by atoms with Gasteiger partial charge in [-0.15, -0.1) is 24.5 Å². The zero-order valence-electron chi connectivity index (χ0n) is 22.0. The number of benzene rings is 3. The van der Waals surface area contributed by atoms with Crippen LogP contribution in [-0.4, -0.2) is 39.4 Å². The largest absolute Gasteiger partial charge is 0.573 e. The fourth-order valence-electron chi connectivity index (χ4n) is 4.27. The predicted octanol–water partition coefficient (Wildman–Crippen LogP) is 7.63. The fraction of sp³-hybridized carbons (Fsp3) is 0.0968. The van der Waals surface area contributed by atoms with Crippen molar-refractivity contribution in [3.8, 4) is 38.7 Å². The van der Waals surface area contributed by atoms with Crippen LogP contribution >= 0.6 is 27.3 Å². The maximum absolute atomic E-state index is 13.2. The third-order valence-electron chi connectivity index (χ3n) is 6.28. The molecular formula is C31H21BrF3N3O4S. The van der Waals surface area contributed by atoms with Gasteiger partial charge < -0.3 is 15.2 Å². The molecule has 218 valence electrons. The molecule has 0 fully saturated rings. The van der Waals surface area contributed by atoms with Gasteiger partial charge in [-0.3, -0.25) is 4.79 Å². The van der Waals surface area contributed by atoms with Crippen molar-refractivity contribution in [3.05, 3.63) is 112 Å². The Balaban J connectivity index is 1.31. The average Bonchev–Trinajstić information content (AvgIpc) is 3.48. The van der Waals surface area contributed by atoms with E-state index in [1.54, 1.807) is 79.1 Å². The quantitative estimate of drug-likeness (QED) is 0.168. The molecule has 2 heterocycles. The van der Waals surface area contributed by atoms with Gasteiger partial charge in [-0.05, 0) is 50.8 Å². The minimum Gasteiger partial charge on any atom is -0.480 e. The first-order chi connectivity index (χ1) is 20.6. The van der Waals surface area contributed by atoms with Crippen LogP contribution in [0.15, 0.2) is 102 Å². The molecule has 3 aromatic carbocycles. The summed E-state index contributed by atoms with van der Waals surface area (Å²) in [5.74, 6) is -1.69. The zero-order valence-corrected chi connectivity index (χ0v) is 24.4. The number of carbonyl (C=O) groups is 2. The number of aromatic nitrogens is 2. The summed E-state index contributed by atoms with van der Waals surface area (Å²) in [5, 5.41) is 12.3. The highest BCUT2D eigenvalue weighted by atomic mass is 79.9. The summed E-state index contributed by atoms with van der Waals surface area (Å²) >= 11 is 4.31. The van der Waals surface area contributed by atoms with E-state index in [1.165, 1.54) is 18.2 Å². The van der Waals surface area contributed by atoms with Crippen molar-refractivity contribution in [1.82, 2.24) is 15.3 Å². The van der Waals surface area contributed by atoms with Crippen LogP contribution in [0.25, 0.3) is 33.0 Å². The number of nitrogens with one attached hydrogen (secondary N) is 1. The van der Waals surface area contributed by atoms with E-state index in [0.717, 1.165) is 21.4 Å². The molecular weight excluding hydrogens is 647 g/mol. The number of carboxylic acid groups (broad SMARTS) is 1. The lowest BCUT2D eigenvalue weighted by Gasteiger charge is -2.15. The Labute approximate surface area is 256 Å².